The van der Waals surface area contributed by atoms with Gasteiger partial charge in [0.05, 0.1) is 12.2 Å². The maximum Gasteiger partial charge on any atom is 0.263 e. The summed E-state index contributed by atoms with van der Waals surface area (Å²) in [5.41, 5.74) is 1.58. The molecule has 3 aromatic rings. The van der Waals surface area contributed by atoms with E-state index in [1.165, 1.54) is 29.3 Å². The average molecular weight is 440 g/mol. The molecule has 1 fully saturated rings. The van der Waals surface area contributed by atoms with Crippen molar-refractivity contribution >= 4 is 29.1 Å². The zero-order chi connectivity index (χ0) is 21.7. The van der Waals surface area contributed by atoms with Crippen LogP contribution < -0.4 is 4.90 Å². The first kappa shape index (κ1) is 19.4. The van der Waals surface area contributed by atoms with Gasteiger partial charge in [0.15, 0.2) is 12.1 Å². The molecule has 0 unspecified atom stereocenters. The molecule has 0 saturated carbocycles. The molecule has 0 bridgehead atoms. The predicted molar refractivity (Wildman–Crippen MR) is 109 cm³/mol. The molecular weight excluding hydrogens is 425 g/mol. The standard InChI is InChI=1S/C21H15ClFN5O3/c1-11-16(24-19(31-11)12-3-2-4-13(22)9-12)10-27-18-17(25-26-27)20(29)28(21(18)30)15-7-5-14(23)6-8-15/h2-9,17-18H,10H2,1H3/t17-,18+/m1/s1. The third kappa shape index (κ3) is 3.27. The minimum atomic E-state index is -0.947. The Morgan fingerprint density at radius 1 is 1.13 bits per heavy atom. The van der Waals surface area contributed by atoms with Crippen molar-refractivity contribution in [1.82, 2.24) is 9.99 Å². The number of fused-ring (bicyclic) bond motifs is 1. The zero-order valence-corrected chi connectivity index (χ0v) is 17.0. The van der Waals surface area contributed by atoms with E-state index in [1.54, 1.807) is 25.1 Å². The summed E-state index contributed by atoms with van der Waals surface area (Å²) < 4.78 is 19.0. The van der Waals surface area contributed by atoms with Crippen LogP contribution >= 0.6 is 11.6 Å². The number of hydrogen-bond acceptors (Lipinski definition) is 7. The number of benzene rings is 2. The highest BCUT2D eigenvalue weighted by Gasteiger charge is 2.54. The number of nitrogens with zero attached hydrogens (tertiary/aromatic N) is 5. The molecule has 1 saturated heterocycles. The van der Waals surface area contributed by atoms with E-state index in [4.69, 9.17) is 16.0 Å². The summed E-state index contributed by atoms with van der Waals surface area (Å²) in [7, 11) is 0. The number of carbonyl (C=O) groups excluding carboxylic acids is 2. The Kier molecular flexibility index (Phi) is 4.55. The molecule has 0 spiro atoms. The van der Waals surface area contributed by atoms with Crippen molar-refractivity contribution in [3.05, 3.63) is 70.8 Å². The van der Waals surface area contributed by atoms with E-state index in [2.05, 4.69) is 15.3 Å². The van der Waals surface area contributed by atoms with Crippen molar-refractivity contribution in [1.29, 1.82) is 0 Å². The normalized spacial score (nSPS) is 20.1. The largest absolute Gasteiger partial charge is 0.441 e. The summed E-state index contributed by atoms with van der Waals surface area (Å²) in [5.74, 6) is -0.473. The van der Waals surface area contributed by atoms with Gasteiger partial charge < -0.3 is 4.42 Å². The second-order valence-electron chi connectivity index (χ2n) is 7.21. The highest BCUT2D eigenvalue weighted by Crippen LogP contribution is 2.33. The fourth-order valence-electron chi connectivity index (χ4n) is 3.67. The molecule has 2 atom stereocenters. The number of amides is 2. The number of aromatic nitrogens is 1. The van der Waals surface area contributed by atoms with Crippen molar-refractivity contribution in [2.45, 2.75) is 25.6 Å². The minimum Gasteiger partial charge on any atom is -0.441 e. The summed E-state index contributed by atoms with van der Waals surface area (Å²) in [6.07, 6.45) is 0. The van der Waals surface area contributed by atoms with Crippen LogP contribution in [-0.4, -0.2) is 33.9 Å². The molecule has 2 aliphatic heterocycles. The van der Waals surface area contributed by atoms with E-state index < -0.39 is 29.7 Å². The minimum absolute atomic E-state index is 0.136. The Labute approximate surface area is 180 Å². The topological polar surface area (TPSA) is 91.4 Å². The molecule has 2 aromatic carbocycles. The lowest BCUT2D eigenvalue weighted by Crippen LogP contribution is -2.39. The van der Waals surface area contributed by atoms with Gasteiger partial charge in [0, 0.05) is 10.6 Å². The molecule has 2 amide bonds. The van der Waals surface area contributed by atoms with E-state index >= 15 is 0 Å². The Bertz CT molecular complexity index is 1230. The summed E-state index contributed by atoms with van der Waals surface area (Å²) in [4.78, 5) is 31.3. The van der Waals surface area contributed by atoms with Gasteiger partial charge in [0.1, 0.15) is 17.3 Å². The Morgan fingerprint density at radius 2 is 1.90 bits per heavy atom. The van der Waals surface area contributed by atoms with Crippen LogP contribution in [0.15, 0.2) is 63.3 Å². The molecule has 0 aliphatic carbocycles. The predicted octanol–water partition coefficient (Wildman–Crippen LogP) is 3.94. The van der Waals surface area contributed by atoms with Gasteiger partial charge in [-0.15, -0.1) is 0 Å². The van der Waals surface area contributed by atoms with Gasteiger partial charge in [-0.25, -0.2) is 14.3 Å². The monoisotopic (exact) mass is 439 g/mol. The molecule has 3 heterocycles. The number of imide groups is 1. The number of hydrogen-bond donors (Lipinski definition) is 0. The van der Waals surface area contributed by atoms with Crippen LogP contribution in [0.4, 0.5) is 10.1 Å². The number of aryl methyl sites for hydroxylation is 1. The SMILES string of the molecule is Cc1oc(-c2cccc(Cl)c2)nc1CN1N=N[C@H]2C(=O)N(c3ccc(F)cc3)C(=O)[C@H]21. The maximum absolute atomic E-state index is 13.2. The molecular formula is C21H15ClFN5O3. The van der Waals surface area contributed by atoms with Crippen molar-refractivity contribution in [3.63, 3.8) is 0 Å². The zero-order valence-electron chi connectivity index (χ0n) is 16.2. The fourth-order valence-corrected chi connectivity index (χ4v) is 3.86. The lowest BCUT2D eigenvalue weighted by molar-refractivity contribution is -0.123. The van der Waals surface area contributed by atoms with Gasteiger partial charge in [-0.1, -0.05) is 22.9 Å². The number of anilines is 1. The van der Waals surface area contributed by atoms with Gasteiger partial charge in [-0.3, -0.25) is 14.6 Å². The molecule has 5 rings (SSSR count). The third-order valence-electron chi connectivity index (χ3n) is 5.22. The van der Waals surface area contributed by atoms with Crippen LogP contribution in [0.1, 0.15) is 11.5 Å². The van der Waals surface area contributed by atoms with Crippen LogP contribution in [-0.2, 0) is 16.1 Å². The highest BCUT2D eigenvalue weighted by molar-refractivity contribution is 6.30. The molecule has 156 valence electrons. The van der Waals surface area contributed by atoms with E-state index in [1.807, 2.05) is 6.07 Å². The average Bonchev–Trinajstić information content (AvgIpc) is 3.40. The number of rotatable bonds is 4. The summed E-state index contributed by atoms with van der Waals surface area (Å²) in [5, 5.41) is 10.0. The van der Waals surface area contributed by atoms with Crippen LogP contribution in [0.25, 0.3) is 11.5 Å². The van der Waals surface area contributed by atoms with E-state index in [0.29, 0.717) is 28.1 Å². The van der Waals surface area contributed by atoms with E-state index in [0.717, 1.165) is 10.5 Å². The third-order valence-corrected chi connectivity index (χ3v) is 5.45. The quantitative estimate of drug-likeness (QED) is 0.574. The van der Waals surface area contributed by atoms with Crippen molar-refractivity contribution in [2.75, 3.05) is 4.90 Å². The van der Waals surface area contributed by atoms with Crippen LogP contribution in [0.2, 0.25) is 5.02 Å². The van der Waals surface area contributed by atoms with Gasteiger partial charge in [-0.05, 0) is 49.4 Å². The molecule has 1 aromatic heterocycles. The smallest absolute Gasteiger partial charge is 0.263 e. The van der Waals surface area contributed by atoms with Crippen LogP contribution in [0, 0.1) is 12.7 Å². The summed E-state index contributed by atoms with van der Waals surface area (Å²) >= 11 is 6.04. The second-order valence-corrected chi connectivity index (χ2v) is 7.65. The van der Waals surface area contributed by atoms with Gasteiger partial charge >= 0.3 is 0 Å². The van der Waals surface area contributed by atoms with Crippen LogP contribution in [0.5, 0.6) is 0 Å². The second kappa shape index (κ2) is 7.28. The Hall–Kier alpha value is -3.59. The maximum atomic E-state index is 13.2. The van der Waals surface area contributed by atoms with Crippen molar-refractivity contribution in [3.8, 4) is 11.5 Å². The molecule has 0 radical (unpaired) electrons. The fraction of sp³-hybridized carbons (Fsp3) is 0.190. The summed E-state index contributed by atoms with van der Waals surface area (Å²) in [6, 6.07) is 10.4. The lowest BCUT2D eigenvalue weighted by Gasteiger charge is -2.19. The number of oxazole rings is 1. The first-order valence-corrected chi connectivity index (χ1v) is 9.83. The van der Waals surface area contributed by atoms with Gasteiger partial charge in [0.2, 0.25) is 5.89 Å². The molecule has 0 N–H and O–H groups in total. The Balaban J connectivity index is 1.40. The highest BCUT2D eigenvalue weighted by atomic mass is 35.5. The number of carbonyl (C=O) groups is 2. The summed E-state index contributed by atoms with van der Waals surface area (Å²) in [6.45, 7) is 1.89. The lowest BCUT2D eigenvalue weighted by atomic mass is 10.1. The van der Waals surface area contributed by atoms with E-state index in [9.17, 15) is 14.0 Å². The van der Waals surface area contributed by atoms with Gasteiger partial charge in [0.25, 0.3) is 11.8 Å². The van der Waals surface area contributed by atoms with Crippen molar-refractivity contribution < 1.29 is 18.4 Å². The molecule has 8 nitrogen and oxygen atoms in total. The number of halogens is 2. The molecule has 31 heavy (non-hydrogen) atoms. The molecule has 10 heteroatoms. The van der Waals surface area contributed by atoms with E-state index in [-0.39, 0.29) is 6.54 Å². The molecule has 2 aliphatic rings. The Morgan fingerprint density at radius 3 is 2.65 bits per heavy atom. The van der Waals surface area contributed by atoms with Crippen LogP contribution in [0.3, 0.4) is 0 Å². The first-order valence-electron chi connectivity index (χ1n) is 9.45. The first-order chi connectivity index (χ1) is 14.9. The van der Waals surface area contributed by atoms with Crippen molar-refractivity contribution in [2.24, 2.45) is 10.3 Å². The van der Waals surface area contributed by atoms with Gasteiger partial charge in [-0.2, -0.15) is 5.11 Å².